The van der Waals surface area contributed by atoms with Gasteiger partial charge in [-0.05, 0) is 112 Å². The van der Waals surface area contributed by atoms with Crippen LogP contribution in [-0.4, -0.2) is 0 Å². The Morgan fingerprint density at radius 1 is 1.00 bits per heavy atom. The van der Waals surface area contributed by atoms with E-state index in [9.17, 15) is 13.2 Å². The van der Waals surface area contributed by atoms with Crippen molar-refractivity contribution in [2.75, 3.05) is 0 Å². The lowest BCUT2D eigenvalue weighted by Gasteiger charge is -2.36. The highest BCUT2D eigenvalue weighted by atomic mass is 19.2. The van der Waals surface area contributed by atoms with E-state index in [0.29, 0.717) is 23.7 Å². The third kappa shape index (κ3) is 6.60. The fourth-order valence-electron chi connectivity index (χ4n) is 5.34. The highest BCUT2D eigenvalue weighted by molar-refractivity contribution is 5.23. The quantitative estimate of drug-likeness (QED) is 0.244. The van der Waals surface area contributed by atoms with Crippen LogP contribution >= 0.6 is 0 Å². The second-order valence-electron chi connectivity index (χ2n) is 9.15. The van der Waals surface area contributed by atoms with Gasteiger partial charge in [-0.15, -0.1) is 0 Å². The van der Waals surface area contributed by atoms with Crippen LogP contribution in [0.25, 0.3) is 0 Å². The van der Waals surface area contributed by atoms with E-state index in [2.05, 4.69) is 6.58 Å². The van der Waals surface area contributed by atoms with Crippen molar-refractivity contribution in [1.82, 2.24) is 0 Å². The summed E-state index contributed by atoms with van der Waals surface area (Å²) in [5, 5.41) is 8.38. The molecule has 0 atom stereocenters. The number of allylic oxidation sites excluding steroid dienone is 5. The van der Waals surface area contributed by atoms with Gasteiger partial charge in [0.15, 0.2) is 17.5 Å². The molecule has 1 aromatic carbocycles. The van der Waals surface area contributed by atoms with Gasteiger partial charge in [-0.3, -0.25) is 0 Å². The molecule has 4 heteroatoms. The number of benzene rings is 1. The molecule has 1 aromatic rings. The highest BCUT2D eigenvalue weighted by Crippen LogP contribution is 2.44. The van der Waals surface area contributed by atoms with Gasteiger partial charge in [0.1, 0.15) is 6.07 Å². The molecule has 2 aliphatic rings. The molecule has 166 valence electrons. The lowest BCUT2D eigenvalue weighted by atomic mass is 9.69. The first kappa shape index (κ1) is 23.4. The maximum Gasteiger partial charge on any atom is 0.199 e. The zero-order chi connectivity index (χ0) is 22.2. The third-order valence-corrected chi connectivity index (χ3v) is 7.26. The zero-order valence-corrected chi connectivity index (χ0v) is 18.1. The summed E-state index contributed by atoms with van der Waals surface area (Å²) in [6.45, 7) is 4.47. The van der Waals surface area contributed by atoms with Crippen LogP contribution in [-0.2, 0) is 0 Å². The van der Waals surface area contributed by atoms with E-state index in [0.717, 1.165) is 44.1 Å². The minimum atomic E-state index is -0.776. The summed E-state index contributed by atoms with van der Waals surface area (Å²) in [6, 6.07) is 5.80. The monoisotopic (exact) mass is 427 g/mol. The van der Waals surface area contributed by atoms with Crippen molar-refractivity contribution in [1.29, 1.82) is 5.26 Å². The van der Waals surface area contributed by atoms with Crippen LogP contribution in [0.1, 0.15) is 75.7 Å². The molecule has 0 spiro atoms. The van der Waals surface area contributed by atoms with Crippen LogP contribution in [0.15, 0.2) is 54.4 Å². The Hall–Kier alpha value is -2.28. The lowest BCUT2D eigenvalue weighted by molar-refractivity contribution is 0.260. The Morgan fingerprint density at radius 2 is 1.65 bits per heavy atom. The van der Waals surface area contributed by atoms with Crippen molar-refractivity contribution in [2.24, 2.45) is 17.8 Å². The number of nitriles is 1. The van der Waals surface area contributed by atoms with Gasteiger partial charge >= 0.3 is 0 Å². The summed E-state index contributed by atoms with van der Waals surface area (Å²) in [6.07, 6.45) is 15.8. The summed E-state index contributed by atoms with van der Waals surface area (Å²) in [5.74, 6) is -0.0995. The maximum absolute atomic E-state index is 13.6. The van der Waals surface area contributed by atoms with Crippen molar-refractivity contribution in [3.8, 4) is 6.07 Å². The van der Waals surface area contributed by atoms with E-state index >= 15 is 0 Å². The fraction of sp³-hybridized carbons (Fsp3) is 0.519. The van der Waals surface area contributed by atoms with Crippen LogP contribution < -0.4 is 0 Å². The summed E-state index contributed by atoms with van der Waals surface area (Å²) in [7, 11) is 0. The Morgan fingerprint density at radius 3 is 2.26 bits per heavy atom. The summed E-state index contributed by atoms with van der Waals surface area (Å²) in [4.78, 5) is 0. The Bertz CT molecular complexity index is 848. The Balaban J connectivity index is 1.39. The van der Waals surface area contributed by atoms with Gasteiger partial charge < -0.3 is 0 Å². The van der Waals surface area contributed by atoms with Crippen molar-refractivity contribution in [3.05, 3.63) is 71.6 Å². The summed E-state index contributed by atoms with van der Waals surface area (Å²) in [5.41, 5.74) is 2.32. The van der Waals surface area contributed by atoms with Crippen molar-refractivity contribution in [2.45, 2.75) is 70.1 Å². The van der Waals surface area contributed by atoms with Crippen LogP contribution in [0.2, 0.25) is 0 Å². The largest absolute Gasteiger partial charge is 0.204 e. The number of hydrogen-bond donors (Lipinski definition) is 0. The van der Waals surface area contributed by atoms with Gasteiger partial charge in [0.25, 0.3) is 0 Å². The first-order chi connectivity index (χ1) is 15.0. The molecule has 2 aliphatic carbocycles. The van der Waals surface area contributed by atoms with Gasteiger partial charge in [-0.2, -0.15) is 9.65 Å². The molecule has 0 bridgehead atoms. The van der Waals surface area contributed by atoms with E-state index in [1.54, 1.807) is 12.1 Å². The van der Waals surface area contributed by atoms with E-state index in [4.69, 9.17) is 5.26 Å². The predicted molar refractivity (Wildman–Crippen MR) is 119 cm³/mol. The molecule has 0 aliphatic heterocycles. The lowest BCUT2D eigenvalue weighted by Crippen LogP contribution is -2.22. The minimum absolute atomic E-state index is 0.319. The Kier molecular flexibility index (Phi) is 8.58. The molecule has 0 unspecified atom stereocenters. The molecule has 31 heavy (non-hydrogen) atoms. The molecule has 0 N–H and O–H groups in total. The maximum atomic E-state index is 13.6. The first-order valence-corrected chi connectivity index (χ1v) is 11.5. The zero-order valence-electron chi connectivity index (χ0n) is 18.1. The summed E-state index contributed by atoms with van der Waals surface area (Å²) < 4.78 is 39.5. The predicted octanol–water partition coefficient (Wildman–Crippen LogP) is 8.31. The normalized spacial score (nSPS) is 27.2. The number of rotatable bonds is 7. The first-order valence-electron chi connectivity index (χ1n) is 11.5. The second kappa shape index (κ2) is 11.4. The van der Waals surface area contributed by atoms with E-state index in [-0.39, 0.29) is 0 Å². The van der Waals surface area contributed by atoms with Gasteiger partial charge in [0, 0.05) is 0 Å². The van der Waals surface area contributed by atoms with Gasteiger partial charge in [-0.25, -0.2) is 8.78 Å². The van der Waals surface area contributed by atoms with Crippen LogP contribution in [0, 0.1) is 40.7 Å². The van der Waals surface area contributed by atoms with Crippen LogP contribution in [0.5, 0.6) is 0 Å². The van der Waals surface area contributed by atoms with Gasteiger partial charge in [0.05, 0.1) is 0 Å². The third-order valence-electron chi connectivity index (χ3n) is 7.26. The fourth-order valence-corrected chi connectivity index (χ4v) is 5.34. The SMILES string of the molecule is C=C(C1CCC(CCC=CC=C(F)C#N)CC1)C1CCC(c2ccc(F)c(F)c2)CC1. The van der Waals surface area contributed by atoms with E-state index in [1.807, 2.05) is 6.08 Å². The average Bonchev–Trinajstić information content (AvgIpc) is 2.80. The molecule has 0 heterocycles. The smallest absolute Gasteiger partial charge is 0.199 e. The molecule has 1 nitrogen and oxygen atoms in total. The molecule has 3 rings (SSSR count). The molecule has 2 fully saturated rings. The number of halogens is 3. The molecular formula is C27H32F3N. The molecule has 0 amide bonds. The topological polar surface area (TPSA) is 23.8 Å². The molecular weight excluding hydrogens is 395 g/mol. The molecule has 2 saturated carbocycles. The van der Waals surface area contributed by atoms with Crippen molar-refractivity contribution >= 4 is 0 Å². The standard InChI is InChI=1S/C27H32F3N/c1-19(21-9-7-20(8-10-21)5-3-2-4-6-25(28)18-31)22-11-13-23(14-12-22)24-15-16-26(29)27(30)17-24/h2,4,6,15-17,20-23H,1,3,5,7-14H2. The van der Waals surface area contributed by atoms with E-state index < -0.39 is 17.5 Å². The van der Waals surface area contributed by atoms with Crippen LogP contribution in [0.3, 0.4) is 0 Å². The van der Waals surface area contributed by atoms with Crippen molar-refractivity contribution < 1.29 is 13.2 Å². The van der Waals surface area contributed by atoms with Crippen LogP contribution in [0.4, 0.5) is 13.2 Å². The van der Waals surface area contributed by atoms with E-state index in [1.165, 1.54) is 55.5 Å². The Labute approximate surface area is 184 Å². The summed E-state index contributed by atoms with van der Waals surface area (Å²) >= 11 is 0. The second-order valence-corrected chi connectivity index (χ2v) is 9.15. The number of nitrogens with zero attached hydrogens (tertiary/aromatic N) is 1. The van der Waals surface area contributed by atoms with Crippen molar-refractivity contribution in [3.63, 3.8) is 0 Å². The highest BCUT2D eigenvalue weighted by Gasteiger charge is 2.30. The minimum Gasteiger partial charge on any atom is -0.204 e. The molecule has 0 radical (unpaired) electrons. The number of hydrogen-bond acceptors (Lipinski definition) is 1. The molecule has 0 aromatic heterocycles. The van der Waals surface area contributed by atoms with Gasteiger partial charge in [-0.1, -0.05) is 30.4 Å². The van der Waals surface area contributed by atoms with Gasteiger partial charge in [0.2, 0.25) is 0 Å². The average molecular weight is 428 g/mol. The molecule has 0 saturated heterocycles.